The molecule has 1 saturated heterocycles. The van der Waals surface area contributed by atoms with Crippen LogP contribution in [-0.4, -0.2) is 37.9 Å². The molecule has 2 rings (SSSR count). The minimum Gasteiger partial charge on any atom is -0.444 e. The second-order valence-electron chi connectivity index (χ2n) is 6.60. The number of ether oxygens (including phenoxy) is 1. The molecule has 122 valence electrons. The van der Waals surface area contributed by atoms with E-state index in [1.165, 1.54) is 18.5 Å². The van der Waals surface area contributed by atoms with Gasteiger partial charge in [-0.3, -0.25) is 0 Å². The second-order valence-corrected chi connectivity index (χ2v) is 6.60. The molecule has 22 heavy (non-hydrogen) atoms. The van der Waals surface area contributed by atoms with Crippen molar-refractivity contribution in [2.75, 3.05) is 36.4 Å². The van der Waals surface area contributed by atoms with Crippen molar-refractivity contribution < 1.29 is 9.53 Å². The molecule has 1 aliphatic rings. The van der Waals surface area contributed by atoms with Gasteiger partial charge in [-0.25, -0.2) is 4.79 Å². The largest absolute Gasteiger partial charge is 0.444 e. The molecule has 2 N–H and O–H groups in total. The Bertz CT molecular complexity index is 491. The smallest absolute Gasteiger partial charge is 0.407 e. The Morgan fingerprint density at radius 3 is 2.64 bits per heavy atom. The van der Waals surface area contributed by atoms with Crippen molar-refractivity contribution in [1.29, 1.82) is 0 Å². The molecule has 0 aliphatic carbocycles. The lowest BCUT2D eigenvalue weighted by molar-refractivity contribution is 0.0530. The highest BCUT2D eigenvalue weighted by molar-refractivity contribution is 5.67. The van der Waals surface area contributed by atoms with Gasteiger partial charge in [-0.05, 0) is 51.8 Å². The Morgan fingerprint density at radius 1 is 1.23 bits per heavy atom. The van der Waals surface area contributed by atoms with Gasteiger partial charge in [0.15, 0.2) is 0 Å². The van der Waals surface area contributed by atoms with Gasteiger partial charge in [0.25, 0.3) is 0 Å². The molecule has 0 atom stereocenters. The summed E-state index contributed by atoms with van der Waals surface area (Å²) in [6.45, 7) is 9.05. The molecule has 0 aromatic heterocycles. The van der Waals surface area contributed by atoms with Crippen molar-refractivity contribution in [3.63, 3.8) is 0 Å². The van der Waals surface area contributed by atoms with E-state index >= 15 is 0 Å². The van der Waals surface area contributed by atoms with Crippen LogP contribution in [0.15, 0.2) is 24.3 Å². The number of nitrogens with one attached hydrogen (secondary N) is 2. The monoisotopic (exact) mass is 305 g/mol. The molecule has 1 heterocycles. The van der Waals surface area contributed by atoms with Crippen molar-refractivity contribution in [3.8, 4) is 0 Å². The predicted molar refractivity (Wildman–Crippen MR) is 90.6 cm³/mol. The van der Waals surface area contributed by atoms with E-state index in [9.17, 15) is 4.79 Å². The lowest BCUT2D eigenvalue weighted by Gasteiger charge is -2.20. The molecule has 0 unspecified atom stereocenters. The third-order valence-electron chi connectivity index (χ3n) is 3.44. The third kappa shape index (κ3) is 5.47. The molecule has 1 fully saturated rings. The van der Waals surface area contributed by atoms with Gasteiger partial charge in [0, 0.05) is 37.6 Å². The van der Waals surface area contributed by atoms with E-state index in [-0.39, 0.29) is 6.09 Å². The second kappa shape index (κ2) is 7.38. The number of hydrogen-bond donors (Lipinski definition) is 2. The van der Waals surface area contributed by atoms with Gasteiger partial charge in [0.1, 0.15) is 5.60 Å². The van der Waals surface area contributed by atoms with E-state index in [1.54, 1.807) is 0 Å². The SMILES string of the molecule is CC(C)(C)OC(=O)NCCNc1cccc(N2CCCC2)c1. The molecule has 1 aliphatic heterocycles. The zero-order chi connectivity index (χ0) is 16.0. The van der Waals surface area contributed by atoms with Crippen LogP contribution < -0.4 is 15.5 Å². The number of rotatable bonds is 5. The lowest BCUT2D eigenvalue weighted by Crippen LogP contribution is -2.35. The van der Waals surface area contributed by atoms with Crippen LogP contribution in [0, 0.1) is 0 Å². The summed E-state index contributed by atoms with van der Waals surface area (Å²) in [5.41, 5.74) is 1.89. The van der Waals surface area contributed by atoms with E-state index in [2.05, 4.69) is 33.7 Å². The van der Waals surface area contributed by atoms with E-state index in [4.69, 9.17) is 4.74 Å². The zero-order valence-corrected chi connectivity index (χ0v) is 13.8. The van der Waals surface area contributed by atoms with Gasteiger partial charge in [-0.1, -0.05) is 6.07 Å². The summed E-state index contributed by atoms with van der Waals surface area (Å²) in [6, 6.07) is 8.43. The molecule has 1 aromatic carbocycles. The summed E-state index contributed by atoms with van der Waals surface area (Å²) in [5.74, 6) is 0. The van der Waals surface area contributed by atoms with E-state index in [1.807, 2.05) is 26.8 Å². The zero-order valence-electron chi connectivity index (χ0n) is 13.8. The fourth-order valence-corrected chi connectivity index (χ4v) is 2.47. The first-order valence-electron chi connectivity index (χ1n) is 8.00. The van der Waals surface area contributed by atoms with E-state index in [0.717, 1.165) is 18.8 Å². The molecule has 0 spiro atoms. The van der Waals surface area contributed by atoms with Crippen LogP contribution in [0.5, 0.6) is 0 Å². The van der Waals surface area contributed by atoms with E-state index < -0.39 is 5.60 Å². The van der Waals surface area contributed by atoms with Crippen LogP contribution in [0.2, 0.25) is 0 Å². The molecule has 5 heteroatoms. The maximum Gasteiger partial charge on any atom is 0.407 e. The van der Waals surface area contributed by atoms with Crippen LogP contribution >= 0.6 is 0 Å². The van der Waals surface area contributed by atoms with Gasteiger partial charge < -0.3 is 20.3 Å². The van der Waals surface area contributed by atoms with Crippen LogP contribution in [-0.2, 0) is 4.74 Å². The Labute approximate surface area is 133 Å². The third-order valence-corrected chi connectivity index (χ3v) is 3.44. The molecule has 1 aromatic rings. The first-order valence-corrected chi connectivity index (χ1v) is 8.00. The van der Waals surface area contributed by atoms with Crippen LogP contribution in [0.1, 0.15) is 33.6 Å². The van der Waals surface area contributed by atoms with Gasteiger partial charge in [0.2, 0.25) is 0 Å². The van der Waals surface area contributed by atoms with Crippen LogP contribution in [0.4, 0.5) is 16.2 Å². The fraction of sp³-hybridized carbons (Fsp3) is 0.588. The van der Waals surface area contributed by atoms with Gasteiger partial charge in [-0.2, -0.15) is 0 Å². The average Bonchev–Trinajstić information content (AvgIpc) is 2.96. The number of alkyl carbamates (subject to hydrolysis) is 1. The number of nitrogens with zero attached hydrogens (tertiary/aromatic N) is 1. The minimum atomic E-state index is -0.457. The van der Waals surface area contributed by atoms with Crippen molar-refractivity contribution >= 4 is 17.5 Å². The quantitative estimate of drug-likeness (QED) is 0.820. The fourth-order valence-electron chi connectivity index (χ4n) is 2.47. The molecule has 0 radical (unpaired) electrons. The molecule has 0 saturated carbocycles. The van der Waals surface area contributed by atoms with E-state index in [0.29, 0.717) is 13.1 Å². The Morgan fingerprint density at radius 2 is 1.95 bits per heavy atom. The molecular weight excluding hydrogens is 278 g/mol. The Balaban J connectivity index is 1.73. The van der Waals surface area contributed by atoms with Crippen LogP contribution in [0.25, 0.3) is 0 Å². The summed E-state index contributed by atoms with van der Waals surface area (Å²) in [6.07, 6.45) is 2.18. The molecule has 1 amide bonds. The summed E-state index contributed by atoms with van der Waals surface area (Å²) in [4.78, 5) is 13.9. The van der Waals surface area contributed by atoms with Crippen molar-refractivity contribution in [2.24, 2.45) is 0 Å². The normalized spacial score (nSPS) is 14.8. The lowest BCUT2D eigenvalue weighted by atomic mass is 10.2. The molecule has 0 bridgehead atoms. The number of amides is 1. The summed E-state index contributed by atoms with van der Waals surface area (Å²) < 4.78 is 5.19. The van der Waals surface area contributed by atoms with Gasteiger partial charge in [0.05, 0.1) is 0 Å². The van der Waals surface area contributed by atoms with Crippen molar-refractivity contribution in [2.45, 2.75) is 39.2 Å². The first kappa shape index (κ1) is 16.5. The topological polar surface area (TPSA) is 53.6 Å². The Hall–Kier alpha value is -1.91. The average molecular weight is 305 g/mol. The maximum absolute atomic E-state index is 11.5. The predicted octanol–water partition coefficient (Wildman–Crippen LogP) is 3.22. The number of benzene rings is 1. The number of carbonyl (C=O) groups is 1. The van der Waals surface area contributed by atoms with Gasteiger partial charge in [-0.15, -0.1) is 0 Å². The highest BCUT2D eigenvalue weighted by atomic mass is 16.6. The molecule has 5 nitrogen and oxygen atoms in total. The highest BCUT2D eigenvalue weighted by Gasteiger charge is 2.15. The number of hydrogen-bond acceptors (Lipinski definition) is 4. The summed E-state index contributed by atoms with van der Waals surface area (Å²) >= 11 is 0. The van der Waals surface area contributed by atoms with Crippen molar-refractivity contribution in [1.82, 2.24) is 5.32 Å². The van der Waals surface area contributed by atoms with Crippen LogP contribution in [0.3, 0.4) is 0 Å². The minimum absolute atomic E-state index is 0.375. The Kier molecular flexibility index (Phi) is 5.52. The standard InChI is InChI=1S/C17H27N3O2/c1-17(2,3)22-16(21)19-10-9-18-14-7-6-8-15(13-14)20-11-4-5-12-20/h6-8,13,18H,4-5,9-12H2,1-3H3,(H,19,21). The van der Waals surface area contributed by atoms with Crippen molar-refractivity contribution in [3.05, 3.63) is 24.3 Å². The number of carbonyl (C=O) groups excluding carboxylic acids is 1. The molecular formula is C17H27N3O2. The highest BCUT2D eigenvalue weighted by Crippen LogP contribution is 2.23. The number of anilines is 2. The summed E-state index contributed by atoms with van der Waals surface area (Å²) in [5, 5.41) is 6.07. The summed E-state index contributed by atoms with van der Waals surface area (Å²) in [7, 11) is 0. The maximum atomic E-state index is 11.5. The van der Waals surface area contributed by atoms with Gasteiger partial charge >= 0.3 is 6.09 Å². The first-order chi connectivity index (χ1) is 10.4.